The predicted molar refractivity (Wildman–Crippen MR) is 97.5 cm³/mol. The molecule has 0 spiro atoms. The van der Waals surface area contributed by atoms with E-state index in [1.165, 1.54) is 23.7 Å². The van der Waals surface area contributed by atoms with Crippen molar-refractivity contribution in [3.63, 3.8) is 0 Å². The second kappa shape index (κ2) is 7.80. The van der Waals surface area contributed by atoms with Gasteiger partial charge in [-0.25, -0.2) is 13.2 Å². The highest BCUT2D eigenvalue weighted by Gasteiger charge is 2.24. The third-order valence-corrected chi connectivity index (χ3v) is 4.96. The standard InChI is InChI=1S/C21H12F6S/c1-12-2-4-13(5-3-12)11-28-15-8-14-9-17(22)16(6-7-21(25,26)27)20(24)19(14)18(23)10-15/h2-5,8-10H,11H2,1H3. The van der Waals surface area contributed by atoms with Gasteiger partial charge in [0.2, 0.25) is 0 Å². The number of aryl methyl sites for hydroxylation is 1. The van der Waals surface area contributed by atoms with E-state index in [-0.39, 0.29) is 5.39 Å². The van der Waals surface area contributed by atoms with Crippen LogP contribution >= 0.6 is 11.8 Å². The first-order valence-corrected chi connectivity index (χ1v) is 9.02. The summed E-state index contributed by atoms with van der Waals surface area (Å²) in [6, 6.07) is 11.0. The Hall–Kier alpha value is -2.59. The molecule has 0 radical (unpaired) electrons. The van der Waals surface area contributed by atoms with Crippen molar-refractivity contribution in [1.29, 1.82) is 0 Å². The average Bonchev–Trinajstić information content (AvgIpc) is 2.59. The number of thioether (sulfide) groups is 1. The van der Waals surface area contributed by atoms with E-state index in [4.69, 9.17) is 0 Å². The highest BCUT2D eigenvalue weighted by atomic mass is 32.2. The van der Waals surface area contributed by atoms with Gasteiger partial charge in [0.25, 0.3) is 0 Å². The summed E-state index contributed by atoms with van der Waals surface area (Å²) in [6.45, 7) is 1.95. The number of benzene rings is 3. The smallest absolute Gasteiger partial charge is 0.206 e. The number of hydrogen-bond acceptors (Lipinski definition) is 1. The SMILES string of the molecule is Cc1ccc(CSc2cc(F)c3c(F)c(C#CC(F)(F)F)c(F)cc3c2)cc1. The lowest BCUT2D eigenvalue weighted by molar-refractivity contribution is -0.0696. The van der Waals surface area contributed by atoms with Crippen LogP contribution in [0.5, 0.6) is 0 Å². The number of hydrogen-bond donors (Lipinski definition) is 0. The topological polar surface area (TPSA) is 0 Å². The molecule has 0 nitrogen and oxygen atoms in total. The van der Waals surface area contributed by atoms with Gasteiger partial charge in [0.05, 0.1) is 10.9 Å². The van der Waals surface area contributed by atoms with Crippen LogP contribution in [-0.4, -0.2) is 6.18 Å². The van der Waals surface area contributed by atoms with E-state index < -0.39 is 34.6 Å². The summed E-state index contributed by atoms with van der Waals surface area (Å²) in [4.78, 5) is 0.443. The minimum atomic E-state index is -4.91. The quantitative estimate of drug-likeness (QED) is 0.261. The second-order valence-electron chi connectivity index (χ2n) is 6.07. The Labute approximate surface area is 161 Å². The maximum Gasteiger partial charge on any atom is 0.458 e. The van der Waals surface area contributed by atoms with Crippen LogP contribution in [0.1, 0.15) is 16.7 Å². The van der Waals surface area contributed by atoms with E-state index in [0.29, 0.717) is 10.6 Å². The molecule has 0 aliphatic carbocycles. The third kappa shape index (κ3) is 4.63. The Kier molecular flexibility index (Phi) is 5.61. The molecule has 0 fully saturated rings. The minimum absolute atomic E-state index is 0.0843. The van der Waals surface area contributed by atoms with Crippen LogP contribution in [0.2, 0.25) is 0 Å². The maximum atomic E-state index is 14.4. The Morgan fingerprint density at radius 2 is 1.61 bits per heavy atom. The van der Waals surface area contributed by atoms with Crippen molar-refractivity contribution in [3.8, 4) is 11.8 Å². The Morgan fingerprint density at radius 1 is 0.929 bits per heavy atom. The van der Waals surface area contributed by atoms with Gasteiger partial charge in [-0.15, -0.1) is 11.8 Å². The fourth-order valence-corrected chi connectivity index (χ4v) is 3.49. The lowest BCUT2D eigenvalue weighted by atomic mass is 10.0. The average molecular weight is 410 g/mol. The molecule has 0 aliphatic rings. The molecule has 0 atom stereocenters. The zero-order valence-electron chi connectivity index (χ0n) is 14.4. The lowest BCUT2D eigenvalue weighted by Gasteiger charge is -2.09. The highest BCUT2D eigenvalue weighted by Crippen LogP contribution is 2.32. The predicted octanol–water partition coefficient (Wildman–Crippen LogP) is 6.77. The zero-order valence-corrected chi connectivity index (χ0v) is 15.2. The molecule has 0 saturated heterocycles. The molecule has 0 aliphatic heterocycles. The van der Waals surface area contributed by atoms with Gasteiger partial charge in [-0.2, -0.15) is 13.2 Å². The summed E-state index contributed by atoms with van der Waals surface area (Å²) >= 11 is 1.28. The van der Waals surface area contributed by atoms with Crippen molar-refractivity contribution in [2.24, 2.45) is 0 Å². The molecule has 0 amide bonds. The van der Waals surface area contributed by atoms with E-state index >= 15 is 0 Å². The normalized spacial score (nSPS) is 11.4. The van der Waals surface area contributed by atoms with Gasteiger partial charge in [0, 0.05) is 16.6 Å². The van der Waals surface area contributed by atoms with Crippen LogP contribution in [0.15, 0.2) is 47.4 Å². The molecule has 28 heavy (non-hydrogen) atoms. The van der Waals surface area contributed by atoms with Crippen molar-refractivity contribution in [3.05, 3.63) is 76.6 Å². The van der Waals surface area contributed by atoms with Gasteiger partial charge in [0.1, 0.15) is 11.6 Å². The molecular formula is C21H12F6S. The minimum Gasteiger partial charge on any atom is -0.206 e. The van der Waals surface area contributed by atoms with Gasteiger partial charge >= 0.3 is 6.18 Å². The summed E-state index contributed by atoms with van der Waals surface area (Å²) in [5, 5.41) is -0.675. The van der Waals surface area contributed by atoms with E-state index in [2.05, 4.69) is 0 Å². The first-order valence-electron chi connectivity index (χ1n) is 8.03. The fraction of sp³-hybridized carbons (Fsp3) is 0.143. The van der Waals surface area contributed by atoms with E-state index in [1.807, 2.05) is 31.2 Å². The van der Waals surface area contributed by atoms with Gasteiger partial charge in [-0.3, -0.25) is 0 Å². The first-order chi connectivity index (χ1) is 13.1. The molecule has 3 rings (SSSR count). The van der Waals surface area contributed by atoms with Crippen molar-refractivity contribution < 1.29 is 26.3 Å². The van der Waals surface area contributed by atoms with E-state index in [1.54, 1.807) is 0 Å². The van der Waals surface area contributed by atoms with Gasteiger partial charge in [-0.05, 0) is 36.1 Å². The summed E-state index contributed by atoms with van der Waals surface area (Å²) < 4.78 is 79.5. The molecular weight excluding hydrogens is 398 g/mol. The summed E-state index contributed by atoms with van der Waals surface area (Å²) in [5.41, 5.74) is 0.982. The van der Waals surface area contributed by atoms with Crippen LogP contribution in [0.3, 0.4) is 0 Å². The van der Waals surface area contributed by atoms with E-state index in [9.17, 15) is 26.3 Å². The largest absolute Gasteiger partial charge is 0.458 e. The van der Waals surface area contributed by atoms with Crippen LogP contribution in [-0.2, 0) is 5.75 Å². The monoisotopic (exact) mass is 410 g/mol. The maximum absolute atomic E-state index is 14.4. The Morgan fingerprint density at radius 3 is 2.25 bits per heavy atom. The summed E-state index contributed by atoms with van der Waals surface area (Å²) in [6.07, 6.45) is -4.91. The molecule has 3 aromatic rings. The highest BCUT2D eigenvalue weighted by molar-refractivity contribution is 7.98. The second-order valence-corrected chi connectivity index (χ2v) is 7.12. The zero-order chi connectivity index (χ0) is 20.5. The molecule has 0 aromatic heterocycles. The summed E-state index contributed by atoms with van der Waals surface area (Å²) in [7, 11) is 0. The third-order valence-electron chi connectivity index (χ3n) is 3.91. The molecule has 0 unspecified atom stereocenters. The van der Waals surface area contributed by atoms with Crippen LogP contribution in [0.25, 0.3) is 10.8 Å². The van der Waals surface area contributed by atoms with Gasteiger partial charge < -0.3 is 0 Å². The molecule has 0 N–H and O–H groups in total. The van der Waals surface area contributed by atoms with Crippen molar-refractivity contribution in [2.45, 2.75) is 23.7 Å². The number of alkyl halides is 3. The Bertz CT molecular complexity index is 1090. The molecule has 0 bridgehead atoms. The van der Waals surface area contributed by atoms with E-state index in [0.717, 1.165) is 29.2 Å². The molecule has 3 aromatic carbocycles. The molecule has 7 heteroatoms. The van der Waals surface area contributed by atoms with Crippen LogP contribution < -0.4 is 0 Å². The Balaban J connectivity index is 1.97. The molecule has 144 valence electrons. The van der Waals surface area contributed by atoms with Crippen molar-refractivity contribution in [1.82, 2.24) is 0 Å². The first kappa shape index (κ1) is 20.2. The number of fused-ring (bicyclic) bond motifs is 1. The molecule has 0 saturated carbocycles. The van der Waals surface area contributed by atoms with Crippen molar-refractivity contribution >= 4 is 22.5 Å². The van der Waals surface area contributed by atoms with Gasteiger partial charge in [-0.1, -0.05) is 35.7 Å². The molecule has 0 heterocycles. The van der Waals surface area contributed by atoms with Crippen molar-refractivity contribution in [2.75, 3.05) is 0 Å². The lowest BCUT2D eigenvalue weighted by Crippen LogP contribution is -2.03. The van der Waals surface area contributed by atoms with Crippen LogP contribution in [0, 0.1) is 36.2 Å². The number of rotatable bonds is 3. The summed E-state index contributed by atoms with van der Waals surface area (Å²) in [5.74, 6) is -0.981. The number of halogens is 6. The fourth-order valence-electron chi connectivity index (χ4n) is 2.57. The van der Waals surface area contributed by atoms with Crippen LogP contribution in [0.4, 0.5) is 26.3 Å². The van der Waals surface area contributed by atoms with Gasteiger partial charge in [0.15, 0.2) is 5.82 Å².